The van der Waals surface area contributed by atoms with Crippen molar-refractivity contribution >= 4 is 23.5 Å². The van der Waals surface area contributed by atoms with Crippen LogP contribution < -0.4 is 10.6 Å². The summed E-state index contributed by atoms with van der Waals surface area (Å²) in [6.45, 7) is 2.97. The zero-order valence-corrected chi connectivity index (χ0v) is 10.7. The smallest absolute Gasteiger partial charge is 0.227 e. The number of amides is 1. The quantitative estimate of drug-likeness (QED) is 0.853. The highest BCUT2D eigenvalue weighted by atomic mass is 32.2. The van der Waals surface area contributed by atoms with Gasteiger partial charge in [-0.1, -0.05) is 6.07 Å². The van der Waals surface area contributed by atoms with Crippen LogP contribution in [0.2, 0.25) is 0 Å². The Labute approximate surface area is 106 Å². The Hall–Kier alpha value is -1.07. The maximum absolute atomic E-state index is 11.8. The van der Waals surface area contributed by atoms with E-state index in [2.05, 4.69) is 15.6 Å². The Bertz CT molecular complexity index is 374. The first-order valence-corrected chi connectivity index (χ1v) is 6.93. The fourth-order valence-electron chi connectivity index (χ4n) is 1.71. The number of carbonyl (C=O) groups is 1. The maximum atomic E-state index is 11.8. The first kappa shape index (κ1) is 12.4. The molecule has 4 nitrogen and oxygen atoms in total. The number of anilines is 1. The molecule has 1 aliphatic rings. The van der Waals surface area contributed by atoms with Gasteiger partial charge in [-0.3, -0.25) is 4.79 Å². The van der Waals surface area contributed by atoms with Crippen LogP contribution in [0.25, 0.3) is 0 Å². The summed E-state index contributed by atoms with van der Waals surface area (Å²) in [5.41, 5.74) is 1.09. The standard InChI is InChI=1S/C12H17N3OS/c1-9-2-3-11(14-7-9)15-12(16)6-10-8-17-5-4-13-10/h2-3,7,10,13H,4-6,8H2,1H3,(H,14,15,16). The fraction of sp³-hybridized carbons (Fsp3) is 0.500. The zero-order chi connectivity index (χ0) is 12.1. The van der Waals surface area contributed by atoms with Gasteiger partial charge < -0.3 is 10.6 Å². The van der Waals surface area contributed by atoms with Gasteiger partial charge >= 0.3 is 0 Å². The number of hydrogen-bond donors (Lipinski definition) is 2. The van der Waals surface area contributed by atoms with Gasteiger partial charge in [0.25, 0.3) is 0 Å². The molecule has 0 spiro atoms. The lowest BCUT2D eigenvalue weighted by Crippen LogP contribution is -2.39. The average Bonchev–Trinajstić information content (AvgIpc) is 2.33. The largest absolute Gasteiger partial charge is 0.312 e. The lowest BCUT2D eigenvalue weighted by atomic mass is 10.2. The summed E-state index contributed by atoms with van der Waals surface area (Å²) in [6, 6.07) is 4.06. The molecule has 2 N–H and O–H groups in total. The lowest BCUT2D eigenvalue weighted by Gasteiger charge is -2.22. The number of hydrogen-bond acceptors (Lipinski definition) is 4. The van der Waals surface area contributed by atoms with E-state index < -0.39 is 0 Å². The number of thioether (sulfide) groups is 1. The van der Waals surface area contributed by atoms with Crippen LogP contribution >= 0.6 is 11.8 Å². The highest BCUT2D eigenvalue weighted by Crippen LogP contribution is 2.11. The summed E-state index contributed by atoms with van der Waals surface area (Å²) in [7, 11) is 0. The van der Waals surface area contributed by atoms with E-state index in [1.807, 2.05) is 30.8 Å². The molecule has 2 heterocycles. The van der Waals surface area contributed by atoms with Crippen LogP contribution in [0.15, 0.2) is 18.3 Å². The molecule has 17 heavy (non-hydrogen) atoms. The minimum atomic E-state index is 0.0290. The summed E-state index contributed by atoms with van der Waals surface area (Å²) in [5.74, 6) is 2.80. The third-order valence-corrected chi connectivity index (χ3v) is 3.74. The molecule has 1 saturated heterocycles. The fourth-order valence-corrected chi connectivity index (χ4v) is 2.66. The second-order valence-electron chi connectivity index (χ2n) is 4.20. The molecule has 1 aromatic heterocycles. The van der Waals surface area contributed by atoms with Crippen LogP contribution in [-0.2, 0) is 4.79 Å². The third-order valence-electron chi connectivity index (χ3n) is 2.61. The van der Waals surface area contributed by atoms with E-state index in [0.29, 0.717) is 18.3 Å². The maximum Gasteiger partial charge on any atom is 0.227 e. The molecule has 1 unspecified atom stereocenters. The van der Waals surface area contributed by atoms with Gasteiger partial charge in [0.15, 0.2) is 0 Å². The summed E-state index contributed by atoms with van der Waals surface area (Å²) in [6.07, 6.45) is 2.27. The summed E-state index contributed by atoms with van der Waals surface area (Å²) in [4.78, 5) is 15.9. The summed E-state index contributed by atoms with van der Waals surface area (Å²) < 4.78 is 0. The van der Waals surface area contributed by atoms with Crippen LogP contribution in [0.5, 0.6) is 0 Å². The Morgan fingerprint density at radius 1 is 1.65 bits per heavy atom. The molecule has 1 aromatic rings. The second-order valence-corrected chi connectivity index (χ2v) is 5.35. The first-order valence-electron chi connectivity index (χ1n) is 5.77. The number of aromatic nitrogens is 1. The Kier molecular flexibility index (Phi) is 4.39. The monoisotopic (exact) mass is 251 g/mol. The van der Waals surface area contributed by atoms with Gasteiger partial charge in [0.05, 0.1) is 0 Å². The predicted octanol–water partition coefficient (Wildman–Crippen LogP) is 1.42. The molecule has 0 bridgehead atoms. The van der Waals surface area contributed by atoms with E-state index in [0.717, 1.165) is 23.6 Å². The van der Waals surface area contributed by atoms with Crippen molar-refractivity contribution < 1.29 is 4.79 Å². The minimum Gasteiger partial charge on any atom is -0.312 e. The molecular formula is C12H17N3OS. The molecule has 0 radical (unpaired) electrons. The van der Waals surface area contributed by atoms with Gasteiger partial charge in [0, 0.05) is 36.7 Å². The van der Waals surface area contributed by atoms with Gasteiger partial charge in [-0.05, 0) is 18.6 Å². The van der Waals surface area contributed by atoms with Gasteiger partial charge in [0.1, 0.15) is 5.82 Å². The van der Waals surface area contributed by atoms with Gasteiger partial charge in [-0.15, -0.1) is 0 Å². The van der Waals surface area contributed by atoms with Crippen molar-refractivity contribution in [1.29, 1.82) is 0 Å². The van der Waals surface area contributed by atoms with Gasteiger partial charge in [0.2, 0.25) is 5.91 Å². The predicted molar refractivity (Wildman–Crippen MR) is 71.3 cm³/mol. The molecule has 1 fully saturated rings. The van der Waals surface area contributed by atoms with Crippen LogP contribution in [0.1, 0.15) is 12.0 Å². The molecule has 1 aliphatic heterocycles. The molecule has 0 aromatic carbocycles. The first-order chi connectivity index (χ1) is 8.24. The molecule has 0 saturated carbocycles. The van der Waals surface area contributed by atoms with Crippen molar-refractivity contribution in [3.05, 3.63) is 23.9 Å². The normalized spacial score (nSPS) is 19.9. The Balaban J connectivity index is 1.82. The molecule has 5 heteroatoms. The average molecular weight is 251 g/mol. The van der Waals surface area contributed by atoms with E-state index in [1.165, 1.54) is 0 Å². The van der Waals surface area contributed by atoms with E-state index in [1.54, 1.807) is 6.20 Å². The van der Waals surface area contributed by atoms with Crippen molar-refractivity contribution in [1.82, 2.24) is 10.3 Å². The van der Waals surface area contributed by atoms with Crippen molar-refractivity contribution in [2.24, 2.45) is 0 Å². The highest BCUT2D eigenvalue weighted by molar-refractivity contribution is 7.99. The van der Waals surface area contributed by atoms with Crippen molar-refractivity contribution in [3.63, 3.8) is 0 Å². The molecular weight excluding hydrogens is 234 g/mol. The Morgan fingerprint density at radius 3 is 3.18 bits per heavy atom. The SMILES string of the molecule is Cc1ccc(NC(=O)CC2CSCCN2)nc1. The number of pyridine rings is 1. The van der Waals surface area contributed by atoms with Crippen molar-refractivity contribution in [3.8, 4) is 0 Å². The number of nitrogens with zero attached hydrogens (tertiary/aromatic N) is 1. The molecule has 1 amide bonds. The zero-order valence-electron chi connectivity index (χ0n) is 9.90. The van der Waals surface area contributed by atoms with Crippen molar-refractivity contribution in [2.45, 2.75) is 19.4 Å². The third kappa shape index (κ3) is 4.02. The molecule has 1 atom stereocenters. The Morgan fingerprint density at radius 2 is 2.53 bits per heavy atom. The number of aryl methyl sites for hydroxylation is 1. The van der Waals surface area contributed by atoms with E-state index in [4.69, 9.17) is 0 Å². The summed E-state index contributed by atoms with van der Waals surface area (Å²) >= 11 is 1.90. The minimum absolute atomic E-state index is 0.0290. The number of carbonyl (C=O) groups excluding carboxylic acids is 1. The van der Waals surface area contributed by atoms with Crippen LogP contribution in [0, 0.1) is 6.92 Å². The van der Waals surface area contributed by atoms with E-state index in [-0.39, 0.29) is 5.91 Å². The topological polar surface area (TPSA) is 54.0 Å². The second kappa shape index (κ2) is 6.02. The molecule has 0 aliphatic carbocycles. The van der Waals surface area contributed by atoms with Gasteiger partial charge in [-0.25, -0.2) is 4.98 Å². The van der Waals surface area contributed by atoms with E-state index >= 15 is 0 Å². The van der Waals surface area contributed by atoms with Gasteiger partial charge in [-0.2, -0.15) is 11.8 Å². The van der Waals surface area contributed by atoms with Crippen LogP contribution in [0.4, 0.5) is 5.82 Å². The van der Waals surface area contributed by atoms with Crippen molar-refractivity contribution in [2.75, 3.05) is 23.4 Å². The summed E-state index contributed by atoms with van der Waals surface area (Å²) in [5, 5.41) is 6.16. The van der Waals surface area contributed by atoms with Crippen LogP contribution in [0.3, 0.4) is 0 Å². The highest BCUT2D eigenvalue weighted by Gasteiger charge is 2.16. The lowest BCUT2D eigenvalue weighted by molar-refractivity contribution is -0.116. The molecule has 92 valence electrons. The van der Waals surface area contributed by atoms with E-state index in [9.17, 15) is 4.79 Å². The number of nitrogens with one attached hydrogen (secondary N) is 2. The number of rotatable bonds is 3. The van der Waals surface area contributed by atoms with Crippen LogP contribution in [-0.4, -0.2) is 35.0 Å². The molecule has 2 rings (SSSR count).